The summed E-state index contributed by atoms with van der Waals surface area (Å²) < 4.78 is 12.7. The average molecular weight is 129 g/mol. The van der Waals surface area contributed by atoms with Crippen LogP contribution in [0.15, 0.2) is 16.4 Å². The third-order valence-electron chi connectivity index (χ3n) is 1.09. The van der Waals surface area contributed by atoms with Crippen LogP contribution in [0.1, 0.15) is 20.8 Å². The monoisotopic (exact) mass is 129 g/mol. The molecule has 0 radical (unpaired) electrons. The molecule has 0 aliphatic rings. The molecule has 0 aliphatic carbocycles. The SMILES string of the molecule is C/N=C(/C)C(F)=C(C)C. The molecule has 0 aromatic carbocycles. The molecule has 52 valence electrons. The van der Waals surface area contributed by atoms with Gasteiger partial charge in [0.2, 0.25) is 0 Å². The van der Waals surface area contributed by atoms with Gasteiger partial charge in [0.1, 0.15) is 5.83 Å². The van der Waals surface area contributed by atoms with Crippen molar-refractivity contribution in [3.8, 4) is 0 Å². The molecular formula is C7H12FN. The van der Waals surface area contributed by atoms with Gasteiger partial charge in [-0.2, -0.15) is 0 Å². The maximum atomic E-state index is 12.7. The van der Waals surface area contributed by atoms with E-state index < -0.39 is 0 Å². The molecule has 0 N–H and O–H groups in total. The topological polar surface area (TPSA) is 12.4 Å². The molecule has 0 aliphatic heterocycles. The van der Waals surface area contributed by atoms with Crippen molar-refractivity contribution >= 4 is 5.71 Å². The van der Waals surface area contributed by atoms with Gasteiger partial charge >= 0.3 is 0 Å². The van der Waals surface area contributed by atoms with Crippen molar-refractivity contribution in [1.82, 2.24) is 0 Å². The molecule has 0 spiro atoms. The smallest absolute Gasteiger partial charge is 0.142 e. The Balaban J connectivity index is 4.40. The quantitative estimate of drug-likeness (QED) is 0.482. The predicted molar refractivity (Wildman–Crippen MR) is 38.5 cm³/mol. The summed E-state index contributed by atoms with van der Waals surface area (Å²) in [6, 6.07) is 0. The Morgan fingerprint density at radius 1 is 1.22 bits per heavy atom. The van der Waals surface area contributed by atoms with E-state index in [1.54, 1.807) is 27.8 Å². The molecule has 0 aromatic rings. The molecule has 0 atom stereocenters. The van der Waals surface area contributed by atoms with Crippen LogP contribution in [0.3, 0.4) is 0 Å². The Morgan fingerprint density at radius 3 is 1.78 bits per heavy atom. The molecule has 9 heavy (non-hydrogen) atoms. The second-order valence-electron chi connectivity index (χ2n) is 2.12. The van der Waals surface area contributed by atoms with Crippen LogP contribution >= 0.6 is 0 Å². The van der Waals surface area contributed by atoms with E-state index in [4.69, 9.17) is 0 Å². The molecule has 0 unspecified atom stereocenters. The highest BCUT2D eigenvalue weighted by Gasteiger charge is 1.98. The van der Waals surface area contributed by atoms with Crippen LogP contribution in [-0.4, -0.2) is 12.8 Å². The predicted octanol–water partition coefficient (Wildman–Crippen LogP) is 2.34. The lowest BCUT2D eigenvalue weighted by molar-refractivity contribution is 0.667. The fraction of sp³-hybridized carbons (Fsp3) is 0.571. The first-order chi connectivity index (χ1) is 4.09. The molecule has 0 saturated heterocycles. The Morgan fingerprint density at radius 2 is 1.67 bits per heavy atom. The highest BCUT2D eigenvalue weighted by Crippen LogP contribution is 2.05. The van der Waals surface area contributed by atoms with Gasteiger partial charge in [-0.1, -0.05) is 0 Å². The maximum Gasteiger partial charge on any atom is 0.142 e. The zero-order valence-electron chi connectivity index (χ0n) is 6.33. The van der Waals surface area contributed by atoms with E-state index in [-0.39, 0.29) is 5.83 Å². The Labute approximate surface area is 55.3 Å². The molecule has 0 aromatic heterocycles. The molecule has 0 heterocycles. The van der Waals surface area contributed by atoms with E-state index >= 15 is 0 Å². The van der Waals surface area contributed by atoms with Crippen LogP contribution in [0.25, 0.3) is 0 Å². The Hall–Kier alpha value is -0.660. The molecule has 0 saturated carbocycles. The molecule has 0 bridgehead atoms. The normalized spacial score (nSPS) is 11.4. The van der Waals surface area contributed by atoms with Crippen molar-refractivity contribution in [2.75, 3.05) is 7.05 Å². The van der Waals surface area contributed by atoms with Crippen LogP contribution < -0.4 is 0 Å². The molecule has 0 fully saturated rings. The third-order valence-corrected chi connectivity index (χ3v) is 1.09. The van der Waals surface area contributed by atoms with Gasteiger partial charge in [0, 0.05) is 7.05 Å². The minimum Gasteiger partial charge on any atom is -0.290 e. The lowest BCUT2D eigenvalue weighted by Gasteiger charge is -1.95. The highest BCUT2D eigenvalue weighted by molar-refractivity contribution is 5.96. The Bertz CT molecular complexity index is 152. The van der Waals surface area contributed by atoms with Gasteiger partial charge in [0.25, 0.3) is 0 Å². The standard InChI is InChI=1S/C7H12FN/c1-5(2)7(8)6(3)9-4/h1-4H3/b9-6-. The zero-order valence-corrected chi connectivity index (χ0v) is 6.33. The van der Waals surface area contributed by atoms with E-state index in [2.05, 4.69) is 4.99 Å². The fourth-order valence-electron chi connectivity index (χ4n) is 0.460. The lowest BCUT2D eigenvalue weighted by atomic mass is 10.2. The number of aliphatic imine (C=N–C) groups is 1. The van der Waals surface area contributed by atoms with Crippen molar-refractivity contribution in [2.24, 2.45) is 4.99 Å². The zero-order chi connectivity index (χ0) is 7.44. The summed E-state index contributed by atoms with van der Waals surface area (Å²) in [6.45, 7) is 5.11. The summed E-state index contributed by atoms with van der Waals surface area (Å²) in [4.78, 5) is 3.69. The summed E-state index contributed by atoms with van der Waals surface area (Å²) >= 11 is 0. The molecule has 0 amide bonds. The maximum absolute atomic E-state index is 12.7. The second kappa shape index (κ2) is 3.38. The summed E-state index contributed by atoms with van der Waals surface area (Å²) in [5, 5.41) is 0. The number of rotatable bonds is 1. The van der Waals surface area contributed by atoms with E-state index in [0.29, 0.717) is 11.3 Å². The molecule has 0 rings (SSSR count). The average Bonchev–Trinajstić information content (AvgIpc) is 1.84. The first-order valence-corrected chi connectivity index (χ1v) is 2.86. The first-order valence-electron chi connectivity index (χ1n) is 2.86. The number of allylic oxidation sites excluding steroid dienone is 2. The van der Waals surface area contributed by atoms with E-state index in [1.807, 2.05) is 0 Å². The Kier molecular flexibility index (Phi) is 3.13. The van der Waals surface area contributed by atoms with Gasteiger partial charge in [-0.05, 0) is 26.3 Å². The van der Waals surface area contributed by atoms with Crippen LogP contribution in [0, 0.1) is 0 Å². The van der Waals surface area contributed by atoms with Gasteiger partial charge in [-0.15, -0.1) is 0 Å². The molecule has 2 heteroatoms. The lowest BCUT2D eigenvalue weighted by Crippen LogP contribution is -1.92. The minimum absolute atomic E-state index is 0.197. The number of nitrogens with zero attached hydrogens (tertiary/aromatic N) is 1. The van der Waals surface area contributed by atoms with Crippen LogP contribution in [0.2, 0.25) is 0 Å². The third kappa shape index (κ3) is 2.40. The van der Waals surface area contributed by atoms with Crippen LogP contribution in [0.4, 0.5) is 4.39 Å². The number of hydrogen-bond donors (Lipinski definition) is 0. The van der Waals surface area contributed by atoms with Crippen molar-refractivity contribution in [1.29, 1.82) is 0 Å². The van der Waals surface area contributed by atoms with Crippen LogP contribution in [0.5, 0.6) is 0 Å². The van der Waals surface area contributed by atoms with E-state index in [1.165, 1.54) is 0 Å². The summed E-state index contributed by atoms with van der Waals surface area (Å²) in [5.41, 5.74) is 1.15. The highest BCUT2D eigenvalue weighted by atomic mass is 19.1. The second-order valence-corrected chi connectivity index (χ2v) is 2.12. The largest absolute Gasteiger partial charge is 0.290 e. The summed E-state index contributed by atoms with van der Waals surface area (Å²) in [6.07, 6.45) is 0. The van der Waals surface area contributed by atoms with Crippen molar-refractivity contribution in [3.63, 3.8) is 0 Å². The first kappa shape index (κ1) is 8.34. The number of hydrogen-bond acceptors (Lipinski definition) is 1. The van der Waals surface area contributed by atoms with Crippen molar-refractivity contribution in [3.05, 3.63) is 11.4 Å². The van der Waals surface area contributed by atoms with Gasteiger partial charge in [-0.25, -0.2) is 4.39 Å². The van der Waals surface area contributed by atoms with Crippen molar-refractivity contribution in [2.45, 2.75) is 20.8 Å². The molecule has 1 nitrogen and oxygen atoms in total. The summed E-state index contributed by atoms with van der Waals surface area (Å²) in [5.74, 6) is -0.197. The summed E-state index contributed by atoms with van der Waals surface area (Å²) in [7, 11) is 1.58. The van der Waals surface area contributed by atoms with Crippen LogP contribution in [-0.2, 0) is 0 Å². The van der Waals surface area contributed by atoms with Gasteiger partial charge in [0.15, 0.2) is 0 Å². The van der Waals surface area contributed by atoms with Gasteiger partial charge in [-0.3, -0.25) is 4.99 Å². The molecular weight excluding hydrogens is 117 g/mol. The van der Waals surface area contributed by atoms with E-state index in [9.17, 15) is 4.39 Å². The van der Waals surface area contributed by atoms with Crippen molar-refractivity contribution < 1.29 is 4.39 Å². The minimum atomic E-state index is -0.197. The fourth-order valence-corrected chi connectivity index (χ4v) is 0.460. The van der Waals surface area contributed by atoms with E-state index in [0.717, 1.165) is 0 Å². The van der Waals surface area contributed by atoms with Gasteiger partial charge in [0.05, 0.1) is 5.71 Å². The van der Waals surface area contributed by atoms with Gasteiger partial charge < -0.3 is 0 Å². The number of halogens is 1.